The molecule has 3 amide bonds. The average molecular weight is 306 g/mol. The van der Waals surface area contributed by atoms with Gasteiger partial charge in [-0.15, -0.1) is 0 Å². The summed E-state index contributed by atoms with van der Waals surface area (Å²) in [5, 5.41) is 10.3. The van der Waals surface area contributed by atoms with Gasteiger partial charge in [-0.2, -0.15) is 13.2 Å². The number of primary amides is 1. The second-order valence-corrected chi connectivity index (χ2v) is 3.71. The summed E-state index contributed by atoms with van der Waals surface area (Å²) in [7, 11) is 0. The molecular weight excluding hydrogens is 297 g/mol. The highest BCUT2D eigenvalue weighted by Crippen LogP contribution is 2.36. The molecule has 0 spiro atoms. The van der Waals surface area contributed by atoms with Crippen molar-refractivity contribution in [3.63, 3.8) is 0 Å². The van der Waals surface area contributed by atoms with E-state index in [1.165, 1.54) is 0 Å². The summed E-state index contributed by atoms with van der Waals surface area (Å²) < 4.78 is 43.0. The summed E-state index contributed by atoms with van der Waals surface area (Å²) in [5.74, 6) is -3.33. The molecule has 0 saturated heterocycles. The Morgan fingerprint density at radius 1 is 1.29 bits per heavy atom. The van der Waals surface area contributed by atoms with E-state index in [0.717, 1.165) is 12.1 Å². The summed E-state index contributed by atoms with van der Waals surface area (Å²) >= 11 is 0. The van der Waals surface area contributed by atoms with Crippen LogP contribution < -0.4 is 15.8 Å². The number of nitrogens with one attached hydrogen (secondary N) is 1. The number of halogens is 3. The van der Waals surface area contributed by atoms with Crippen molar-refractivity contribution in [2.75, 3.05) is 6.61 Å². The molecule has 1 aromatic carbocycles. The second-order valence-electron chi connectivity index (χ2n) is 3.71. The number of carbonyl (C=O) groups excluding carboxylic acids is 2. The molecule has 114 valence electrons. The number of hydrogen-bond acceptors (Lipinski definition) is 4. The van der Waals surface area contributed by atoms with E-state index in [1.807, 2.05) is 0 Å². The van der Waals surface area contributed by atoms with E-state index >= 15 is 0 Å². The van der Waals surface area contributed by atoms with Gasteiger partial charge in [0.2, 0.25) is 0 Å². The molecule has 0 bridgehead atoms. The zero-order valence-corrected chi connectivity index (χ0v) is 10.2. The number of carboxylic acids is 1. The summed E-state index contributed by atoms with van der Waals surface area (Å²) in [6.07, 6.45) is -4.87. The number of urea groups is 1. The number of carboxylic acid groups (broad SMARTS) is 1. The van der Waals surface area contributed by atoms with Crippen molar-refractivity contribution < 1.29 is 37.4 Å². The Hall–Kier alpha value is -2.78. The van der Waals surface area contributed by atoms with Crippen LogP contribution >= 0.6 is 0 Å². The first kappa shape index (κ1) is 16.3. The SMILES string of the molecule is NC(=O)NC(=O)COc1ccc(C(=O)O)cc1C(F)(F)F. The van der Waals surface area contributed by atoms with Crippen molar-refractivity contribution in [3.8, 4) is 5.75 Å². The number of rotatable bonds is 4. The third-order valence-corrected chi connectivity index (χ3v) is 2.15. The number of carbonyl (C=O) groups is 3. The lowest BCUT2D eigenvalue weighted by molar-refractivity contribution is -0.139. The van der Waals surface area contributed by atoms with E-state index in [9.17, 15) is 27.6 Å². The van der Waals surface area contributed by atoms with Crippen LogP contribution in [-0.2, 0) is 11.0 Å². The van der Waals surface area contributed by atoms with Crippen LogP contribution in [0.25, 0.3) is 0 Å². The van der Waals surface area contributed by atoms with Gasteiger partial charge in [-0.3, -0.25) is 10.1 Å². The van der Waals surface area contributed by atoms with Gasteiger partial charge >= 0.3 is 18.2 Å². The van der Waals surface area contributed by atoms with E-state index in [1.54, 1.807) is 5.32 Å². The Kier molecular flexibility index (Phi) is 4.74. The van der Waals surface area contributed by atoms with Crippen molar-refractivity contribution in [2.45, 2.75) is 6.18 Å². The van der Waals surface area contributed by atoms with Crippen molar-refractivity contribution in [1.82, 2.24) is 5.32 Å². The molecule has 4 N–H and O–H groups in total. The monoisotopic (exact) mass is 306 g/mol. The van der Waals surface area contributed by atoms with Crippen LogP contribution in [-0.4, -0.2) is 29.6 Å². The zero-order chi connectivity index (χ0) is 16.2. The van der Waals surface area contributed by atoms with Crippen LogP contribution in [0.4, 0.5) is 18.0 Å². The smallest absolute Gasteiger partial charge is 0.419 e. The minimum absolute atomic E-state index is 0.379. The van der Waals surface area contributed by atoms with Gasteiger partial charge in [0.15, 0.2) is 6.61 Å². The molecule has 0 fully saturated rings. The highest BCUT2D eigenvalue weighted by atomic mass is 19.4. The number of alkyl halides is 3. The third-order valence-electron chi connectivity index (χ3n) is 2.15. The normalized spacial score (nSPS) is 10.8. The molecule has 0 unspecified atom stereocenters. The fourth-order valence-electron chi connectivity index (χ4n) is 1.33. The Bertz CT molecular complexity index is 586. The minimum atomic E-state index is -4.87. The van der Waals surface area contributed by atoms with Gasteiger partial charge < -0.3 is 15.6 Å². The second kappa shape index (κ2) is 6.11. The molecule has 0 aliphatic carbocycles. The molecule has 21 heavy (non-hydrogen) atoms. The maximum atomic E-state index is 12.8. The Balaban J connectivity index is 2.99. The Morgan fingerprint density at radius 2 is 1.90 bits per heavy atom. The first-order valence-corrected chi connectivity index (χ1v) is 5.28. The largest absolute Gasteiger partial charge is 0.483 e. The molecule has 1 aromatic rings. The molecule has 0 aliphatic rings. The van der Waals surface area contributed by atoms with Crippen LogP contribution in [0.5, 0.6) is 5.75 Å². The molecule has 0 aromatic heterocycles. The lowest BCUT2D eigenvalue weighted by atomic mass is 10.1. The van der Waals surface area contributed by atoms with Crippen LogP contribution in [0.3, 0.4) is 0 Å². The summed E-state index contributed by atoms with van der Waals surface area (Å²) in [6, 6.07) is 0.854. The lowest BCUT2D eigenvalue weighted by Gasteiger charge is -2.14. The first-order valence-electron chi connectivity index (χ1n) is 5.28. The number of aromatic carboxylic acids is 1. The Labute approximate surface area is 115 Å². The number of ether oxygens (including phenoxy) is 1. The number of hydrogen-bond donors (Lipinski definition) is 3. The molecule has 0 saturated carbocycles. The van der Waals surface area contributed by atoms with E-state index < -0.39 is 47.6 Å². The first-order chi connectivity index (χ1) is 9.61. The molecule has 0 radical (unpaired) electrons. The van der Waals surface area contributed by atoms with Crippen LogP contribution in [0.1, 0.15) is 15.9 Å². The predicted octanol–water partition coefficient (Wildman–Crippen LogP) is 0.977. The highest BCUT2D eigenvalue weighted by Gasteiger charge is 2.35. The van der Waals surface area contributed by atoms with Crippen molar-refractivity contribution in [3.05, 3.63) is 29.3 Å². The van der Waals surface area contributed by atoms with E-state index in [-0.39, 0.29) is 0 Å². The van der Waals surface area contributed by atoms with Crippen LogP contribution in [0, 0.1) is 0 Å². The van der Waals surface area contributed by atoms with Gasteiger partial charge in [0.25, 0.3) is 5.91 Å². The topological polar surface area (TPSA) is 119 Å². The van der Waals surface area contributed by atoms with Gasteiger partial charge in [-0.25, -0.2) is 9.59 Å². The standard InChI is InChI=1S/C11H9F3N2O5/c12-11(13,14)6-3-5(9(18)19)1-2-7(6)21-4-8(17)16-10(15)20/h1-3H,4H2,(H,18,19)(H3,15,16,17,20). The molecule has 0 atom stereocenters. The molecule has 1 rings (SSSR count). The number of nitrogens with two attached hydrogens (primary N) is 1. The quantitative estimate of drug-likeness (QED) is 0.766. The molecule has 10 heteroatoms. The molecular formula is C11H9F3N2O5. The van der Waals surface area contributed by atoms with Gasteiger partial charge in [-0.05, 0) is 18.2 Å². The summed E-state index contributed by atoms with van der Waals surface area (Å²) in [6.45, 7) is -0.890. The number of benzene rings is 1. The third kappa shape index (κ3) is 4.67. The molecule has 7 nitrogen and oxygen atoms in total. The maximum Gasteiger partial charge on any atom is 0.419 e. The molecule has 0 aliphatic heterocycles. The van der Waals surface area contributed by atoms with Crippen molar-refractivity contribution in [1.29, 1.82) is 0 Å². The van der Waals surface area contributed by atoms with Gasteiger partial charge in [0, 0.05) is 0 Å². The average Bonchev–Trinajstić information content (AvgIpc) is 2.34. The van der Waals surface area contributed by atoms with E-state index in [0.29, 0.717) is 6.07 Å². The fraction of sp³-hybridized carbons (Fsp3) is 0.182. The summed E-state index contributed by atoms with van der Waals surface area (Å²) in [5.41, 5.74) is 2.70. The highest BCUT2D eigenvalue weighted by molar-refractivity contribution is 5.94. The lowest BCUT2D eigenvalue weighted by Crippen LogP contribution is -2.38. The van der Waals surface area contributed by atoms with Crippen molar-refractivity contribution in [2.24, 2.45) is 5.73 Å². The minimum Gasteiger partial charge on any atom is -0.483 e. The summed E-state index contributed by atoms with van der Waals surface area (Å²) in [4.78, 5) is 32.1. The van der Waals surface area contributed by atoms with Gasteiger partial charge in [-0.1, -0.05) is 0 Å². The van der Waals surface area contributed by atoms with Gasteiger partial charge in [0.1, 0.15) is 5.75 Å². The predicted molar refractivity (Wildman–Crippen MR) is 61.6 cm³/mol. The van der Waals surface area contributed by atoms with Crippen LogP contribution in [0.15, 0.2) is 18.2 Å². The van der Waals surface area contributed by atoms with Crippen LogP contribution in [0.2, 0.25) is 0 Å². The Morgan fingerprint density at radius 3 is 2.38 bits per heavy atom. The fourth-order valence-corrected chi connectivity index (χ4v) is 1.33. The zero-order valence-electron chi connectivity index (χ0n) is 10.2. The van der Waals surface area contributed by atoms with Crippen molar-refractivity contribution >= 4 is 17.9 Å². The number of imide groups is 1. The molecule has 0 heterocycles. The maximum absolute atomic E-state index is 12.8. The van der Waals surface area contributed by atoms with E-state index in [2.05, 4.69) is 10.5 Å². The van der Waals surface area contributed by atoms with Gasteiger partial charge in [0.05, 0.1) is 11.1 Å². The van der Waals surface area contributed by atoms with E-state index in [4.69, 9.17) is 5.11 Å². The number of amides is 3.